The molecule has 0 spiro atoms. The Morgan fingerprint density at radius 2 is 1.56 bits per heavy atom. The van der Waals surface area contributed by atoms with Crippen LogP contribution in [0.3, 0.4) is 0 Å². The van der Waals surface area contributed by atoms with E-state index in [1.165, 1.54) is 12.8 Å². The third-order valence-corrected chi connectivity index (χ3v) is 6.08. The van der Waals surface area contributed by atoms with Crippen LogP contribution in [0.4, 0.5) is 0 Å². The van der Waals surface area contributed by atoms with Crippen molar-refractivity contribution in [3.05, 3.63) is 35.5 Å². The van der Waals surface area contributed by atoms with Gasteiger partial charge in [-0.1, -0.05) is 37.5 Å². The fourth-order valence-electron chi connectivity index (χ4n) is 4.71. The van der Waals surface area contributed by atoms with Gasteiger partial charge < -0.3 is 9.64 Å². The van der Waals surface area contributed by atoms with Crippen LogP contribution in [0.2, 0.25) is 0 Å². The molecule has 1 aromatic rings. The van der Waals surface area contributed by atoms with E-state index in [2.05, 4.69) is 4.90 Å². The molecule has 1 saturated heterocycles. The number of amides is 2. The van der Waals surface area contributed by atoms with Crippen LogP contribution in [-0.2, 0) is 9.59 Å². The number of carbonyl (C=O) groups is 2. The zero-order valence-electron chi connectivity index (χ0n) is 16.1. The van der Waals surface area contributed by atoms with Crippen molar-refractivity contribution in [2.75, 3.05) is 20.2 Å². The van der Waals surface area contributed by atoms with Crippen molar-refractivity contribution in [3.8, 4) is 5.75 Å². The van der Waals surface area contributed by atoms with Gasteiger partial charge in [-0.2, -0.15) is 0 Å². The monoisotopic (exact) mass is 368 g/mol. The minimum atomic E-state index is -0.142. The van der Waals surface area contributed by atoms with E-state index in [0.29, 0.717) is 17.0 Å². The lowest BCUT2D eigenvalue weighted by atomic mass is 9.94. The molecule has 0 bridgehead atoms. The first-order valence-corrected chi connectivity index (χ1v) is 10.2. The van der Waals surface area contributed by atoms with Crippen molar-refractivity contribution >= 4 is 17.4 Å². The number of piperidine rings is 1. The maximum absolute atomic E-state index is 13.5. The summed E-state index contributed by atoms with van der Waals surface area (Å²) in [6.45, 7) is 1.68. The molecule has 0 radical (unpaired) electrons. The number of likely N-dealkylation sites (tertiary alicyclic amines) is 1. The summed E-state index contributed by atoms with van der Waals surface area (Å²) in [5.74, 6) is 0.403. The van der Waals surface area contributed by atoms with Gasteiger partial charge in [0, 0.05) is 24.7 Å². The highest BCUT2D eigenvalue weighted by Crippen LogP contribution is 2.39. The molecule has 0 N–H and O–H groups in total. The van der Waals surface area contributed by atoms with Crippen LogP contribution in [0, 0.1) is 0 Å². The molecule has 0 unspecified atom stereocenters. The lowest BCUT2D eigenvalue weighted by molar-refractivity contribution is -0.141. The van der Waals surface area contributed by atoms with Gasteiger partial charge in [0.2, 0.25) is 0 Å². The van der Waals surface area contributed by atoms with Crippen LogP contribution >= 0.6 is 0 Å². The fourth-order valence-corrected chi connectivity index (χ4v) is 4.71. The molecular weight excluding hydrogens is 340 g/mol. The summed E-state index contributed by atoms with van der Waals surface area (Å²) in [5, 5.41) is 0. The molecule has 5 heteroatoms. The summed E-state index contributed by atoms with van der Waals surface area (Å²) in [5.41, 5.74) is 1.86. The standard InChI is InChI=1S/C22H28N2O3/c1-27-18-13-7-6-12-17(18)19-20(23-14-8-3-9-15-23)22(26)24(21(19)25)16-10-4-2-5-11-16/h6-7,12-13,16H,2-5,8-11,14-15H2,1H3. The number of carbonyl (C=O) groups excluding carboxylic acids is 2. The first kappa shape index (κ1) is 18.1. The van der Waals surface area contributed by atoms with Crippen LogP contribution in [0.25, 0.3) is 5.57 Å². The number of hydrogen-bond donors (Lipinski definition) is 0. The normalized spacial score (nSPS) is 22.0. The SMILES string of the molecule is COc1ccccc1C1=C(N2CCCCC2)C(=O)N(C2CCCCC2)C1=O. The number of para-hydroxylation sites is 1. The molecule has 2 heterocycles. The van der Waals surface area contributed by atoms with E-state index in [9.17, 15) is 9.59 Å². The van der Waals surface area contributed by atoms with Crippen molar-refractivity contribution in [1.29, 1.82) is 0 Å². The van der Waals surface area contributed by atoms with E-state index in [0.717, 1.165) is 57.2 Å². The van der Waals surface area contributed by atoms with E-state index in [1.54, 1.807) is 12.0 Å². The van der Waals surface area contributed by atoms with Crippen LogP contribution in [0.15, 0.2) is 30.0 Å². The fraction of sp³-hybridized carbons (Fsp3) is 0.545. The van der Waals surface area contributed by atoms with Gasteiger partial charge in [0.1, 0.15) is 11.4 Å². The third kappa shape index (κ3) is 3.24. The number of methoxy groups -OCH3 is 1. The van der Waals surface area contributed by atoms with Gasteiger partial charge in [0.15, 0.2) is 0 Å². The third-order valence-electron chi connectivity index (χ3n) is 6.08. The molecule has 3 aliphatic rings. The van der Waals surface area contributed by atoms with Gasteiger partial charge >= 0.3 is 0 Å². The number of nitrogens with zero attached hydrogens (tertiary/aromatic N) is 2. The zero-order chi connectivity index (χ0) is 18.8. The van der Waals surface area contributed by atoms with Gasteiger partial charge in [-0.25, -0.2) is 0 Å². The lowest BCUT2D eigenvalue weighted by Crippen LogP contribution is -2.44. The molecule has 27 heavy (non-hydrogen) atoms. The second-order valence-electron chi connectivity index (χ2n) is 7.74. The number of ether oxygens (including phenoxy) is 1. The number of hydrogen-bond acceptors (Lipinski definition) is 4. The lowest BCUT2D eigenvalue weighted by Gasteiger charge is -2.32. The van der Waals surface area contributed by atoms with Gasteiger partial charge in [0.05, 0.1) is 12.7 Å². The van der Waals surface area contributed by atoms with E-state index >= 15 is 0 Å². The molecule has 0 atom stereocenters. The maximum Gasteiger partial charge on any atom is 0.278 e. The summed E-state index contributed by atoms with van der Waals surface area (Å²) in [6, 6.07) is 7.58. The minimum absolute atomic E-state index is 0.0331. The van der Waals surface area contributed by atoms with Crippen molar-refractivity contribution in [3.63, 3.8) is 0 Å². The Morgan fingerprint density at radius 1 is 0.889 bits per heavy atom. The summed E-state index contributed by atoms with van der Waals surface area (Å²) in [4.78, 5) is 30.7. The molecule has 144 valence electrons. The Kier molecular flexibility index (Phi) is 5.19. The topological polar surface area (TPSA) is 49.9 Å². The Morgan fingerprint density at radius 3 is 2.26 bits per heavy atom. The van der Waals surface area contributed by atoms with Crippen LogP contribution in [0.1, 0.15) is 56.9 Å². The van der Waals surface area contributed by atoms with Crippen molar-refractivity contribution < 1.29 is 14.3 Å². The smallest absolute Gasteiger partial charge is 0.278 e. The molecule has 1 aromatic carbocycles. The van der Waals surface area contributed by atoms with Crippen LogP contribution in [0.5, 0.6) is 5.75 Å². The molecule has 1 aliphatic carbocycles. The predicted molar refractivity (Wildman–Crippen MR) is 104 cm³/mol. The highest BCUT2D eigenvalue weighted by molar-refractivity contribution is 6.36. The second-order valence-corrected chi connectivity index (χ2v) is 7.74. The molecular formula is C22H28N2O3. The predicted octanol–water partition coefficient (Wildman–Crippen LogP) is 3.59. The van der Waals surface area contributed by atoms with Gasteiger partial charge in [-0.15, -0.1) is 0 Å². The number of imide groups is 1. The van der Waals surface area contributed by atoms with Gasteiger partial charge in [-0.3, -0.25) is 14.5 Å². The summed E-state index contributed by atoms with van der Waals surface area (Å²) < 4.78 is 5.52. The van der Waals surface area contributed by atoms with E-state index in [4.69, 9.17) is 4.74 Å². The average Bonchev–Trinajstić information content (AvgIpc) is 2.99. The minimum Gasteiger partial charge on any atom is -0.496 e. The van der Waals surface area contributed by atoms with Crippen molar-refractivity contribution in [2.45, 2.75) is 57.4 Å². The Labute approximate surface area is 161 Å². The van der Waals surface area contributed by atoms with Crippen molar-refractivity contribution in [2.24, 2.45) is 0 Å². The summed E-state index contributed by atoms with van der Waals surface area (Å²) >= 11 is 0. The van der Waals surface area contributed by atoms with Crippen LogP contribution < -0.4 is 4.74 Å². The Balaban J connectivity index is 1.79. The summed E-state index contributed by atoms with van der Waals surface area (Å²) in [6.07, 6.45) is 8.52. The Hall–Kier alpha value is -2.30. The molecule has 2 amide bonds. The number of benzene rings is 1. The second kappa shape index (κ2) is 7.75. The first-order chi connectivity index (χ1) is 13.2. The highest BCUT2D eigenvalue weighted by atomic mass is 16.5. The summed E-state index contributed by atoms with van der Waals surface area (Å²) in [7, 11) is 1.61. The quantitative estimate of drug-likeness (QED) is 0.762. The largest absolute Gasteiger partial charge is 0.496 e. The van der Waals surface area contributed by atoms with Crippen molar-refractivity contribution in [1.82, 2.24) is 9.80 Å². The van der Waals surface area contributed by atoms with Gasteiger partial charge in [0.25, 0.3) is 11.8 Å². The molecule has 4 rings (SSSR count). The van der Waals surface area contributed by atoms with Crippen LogP contribution in [-0.4, -0.2) is 47.9 Å². The molecule has 2 fully saturated rings. The first-order valence-electron chi connectivity index (χ1n) is 10.2. The van der Waals surface area contributed by atoms with E-state index in [1.807, 2.05) is 24.3 Å². The Bertz CT molecular complexity index is 759. The number of rotatable bonds is 4. The average molecular weight is 368 g/mol. The highest BCUT2D eigenvalue weighted by Gasteiger charge is 2.45. The maximum atomic E-state index is 13.5. The molecule has 2 aliphatic heterocycles. The molecule has 5 nitrogen and oxygen atoms in total. The molecule has 0 aromatic heterocycles. The van der Waals surface area contributed by atoms with E-state index < -0.39 is 0 Å². The van der Waals surface area contributed by atoms with E-state index in [-0.39, 0.29) is 17.9 Å². The molecule has 1 saturated carbocycles. The zero-order valence-corrected chi connectivity index (χ0v) is 16.1. The van der Waals surface area contributed by atoms with Gasteiger partial charge in [-0.05, 0) is 38.2 Å².